The summed E-state index contributed by atoms with van der Waals surface area (Å²) in [5.41, 5.74) is 8.71. The minimum atomic E-state index is 0.0455. The molecule has 2 N–H and O–H groups in total. The maximum Gasteiger partial charge on any atom is 0.128 e. The second-order valence-corrected chi connectivity index (χ2v) is 5.20. The average molecular weight is 230 g/mol. The summed E-state index contributed by atoms with van der Waals surface area (Å²) in [6, 6.07) is 6.44. The van der Waals surface area contributed by atoms with E-state index in [0.717, 1.165) is 25.0 Å². The van der Waals surface area contributed by atoms with E-state index >= 15 is 0 Å². The number of nitrogens with two attached hydrogens (primary N) is 1. The van der Waals surface area contributed by atoms with Crippen molar-refractivity contribution >= 4 is 10.9 Å². The number of fused-ring (bicyclic) bond motifs is 1. The number of hydrogen-bond acceptors (Lipinski definition) is 2. The Morgan fingerprint density at radius 1 is 1.41 bits per heavy atom. The highest BCUT2D eigenvalue weighted by atomic mass is 16.5. The van der Waals surface area contributed by atoms with Gasteiger partial charge in [0.25, 0.3) is 0 Å². The van der Waals surface area contributed by atoms with E-state index in [1.807, 2.05) is 0 Å². The van der Waals surface area contributed by atoms with Gasteiger partial charge in [-0.1, -0.05) is 0 Å². The molecule has 3 nitrogen and oxygen atoms in total. The average Bonchev–Trinajstić information content (AvgIpc) is 2.91. The number of ether oxygens (including phenoxy) is 1. The van der Waals surface area contributed by atoms with Crippen LogP contribution in [-0.4, -0.2) is 17.2 Å². The first-order valence-electron chi connectivity index (χ1n) is 6.02. The number of aryl methyl sites for hydroxylation is 1. The van der Waals surface area contributed by atoms with Crippen molar-refractivity contribution in [3.8, 4) is 5.75 Å². The first-order valence-corrected chi connectivity index (χ1v) is 6.02. The lowest BCUT2D eigenvalue weighted by atomic mass is 10.0. The van der Waals surface area contributed by atoms with Crippen LogP contribution < -0.4 is 10.5 Å². The third-order valence-corrected chi connectivity index (χ3v) is 3.69. The van der Waals surface area contributed by atoms with Crippen LogP contribution in [0.15, 0.2) is 24.4 Å². The van der Waals surface area contributed by atoms with Crippen LogP contribution in [0.1, 0.15) is 18.4 Å². The Morgan fingerprint density at radius 2 is 2.18 bits per heavy atom. The molecule has 1 saturated carbocycles. The van der Waals surface area contributed by atoms with Crippen LogP contribution in [0, 0.1) is 0 Å². The molecule has 3 heteroatoms. The van der Waals surface area contributed by atoms with E-state index in [1.165, 1.54) is 16.5 Å². The minimum absolute atomic E-state index is 0.0455. The highest BCUT2D eigenvalue weighted by Crippen LogP contribution is 2.37. The fourth-order valence-electron chi connectivity index (χ4n) is 2.41. The molecule has 0 bridgehead atoms. The molecule has 90 valence electrons. The monoisotopic (exact) mass is 230 g/mol. The molecular formula is C14H18N2O. The number of nitrogens with zero attached hydrogens (tertiary/aromatic N) is 1. The molecule has 3 rings (SSSR count). The largest absolute Gasteiger partial charge is 0.496 e. The predicted molar refractivity (Wildman–Crippen MR) is 69.3 cm³/mol. The molecule has 1 aliphatic carbocycles. The van der Waals surface area contributed by atoms with Crippen LogP contribution in [0.5, 0.6) is 5.75 Å². The Kier molecular flexibility index (Phi) is 2.20. The lowest BCUT2D eigenvalue weighted by Gasteiger charge is -2.11. The van der Waals surface area contributed by atoms with Gasteiger partial charge in [0, 0.05) is 24.2 Å². The second-order valence-electron chi connectivity index (χ2n) is 5.20. The third-order valence-electron chi connectivity index (χ3n) is 3.69. The summed E-state index contributed by atoms with van der Waals surface area (Å²) in [6.07, 6.45) is 5.29. The van der Waals surface area contributed by atoms with Gasteiger partial charge in [-0.3, -0.25) is 0 Å². The summed E-state index contributed by atoms with van der Waals surface area (Å²) in [5.74, 6) is 0.947. The molecule has 0 unspecified atom stereocenters. The summed E-state index contributed by atoms with van der Waals surface area (Å²) in [7, 11) is 3.78. The van der Waals surface area contributed by atoms with Crippen LogP contribution in [0.3, 0.4) is 0 Å². The Hall–Kier alpha value is -1.48. The number of benzene rings is 1. The fraction of sp³-hybridized carbons (Fsp3) is 0.429. The quantitative estimate of drug-likeness (QED) is 0.878. The summed E-state index contributed by atoms with van der Waals surface area (Å²) < 4.78 is 7.58. The standard InChI is InChI=1S/C14H18N2O/c1-16-6-3-11-12(16)7-10(8-13(11)17-2)9-14(15)4-5-14/h3,6-8H,4-5,9,15H2,1-2H3. The molecule has 1 aliphatic rings. The predicted octanol–water partition coefficient (Wildman–Crippen LogP) is 2.22. The zero-order valence-corrected chi connectivity index (χ0v) is 10.4. The molecule has 1 fully saturated rings. The van der Waals surface area contributed by atoms with E-state index in [9.17, 15) is 0 Å². The van der Waals surface area contributed by atoms with Gasteiger partial charge in [0.2, 0.25) is 0 Å². The van der Waals surface area contributed by atoms with E-state index in [0.29, 0.717) is 0 Å². The molecule has 0 aliphatic heterocycles. The van der Waals surface area contributed by atoms with Crippen molar-refractivity contribution in [1.29, 1.82) is 0 Å². The van der Waals surface area contributed by atoms with Gasteiger partial charge in [-0.2, -0.15) is 0 Å². The fourth-order valence-corrected chi connectivity index (χ4v) is 2.41. The summed E-state index contributed by atoms with van der Waals surface area (Å²) in [5, 5.41) is 1.17. The second kappa shape index (κ2) is 3.50. The van der Waals surface area contributed by atoms with Crippen molar-refractivity contribution in [2.24, 2.45) is 12.8 Å². The SMILES string of the molecule is COc1cc(CC2(N)CC2)cc2c1ccn2C. The van der Waals surface area contributed by atoms with Crippen molar-refractivity contribution in [3.63, 3.8) is 0 Å². The molecular weight excluding hydrogens is 212 g/mol. The first kappa shape index (κ1) is 10.7. The van der Waals surface area contributed by atoms with E-state index in [-0.39, 0.29) is 5.54 Å². The Bertz CT molecular complexity index is 567. The Morgan fingerprint density at radius 3 is 2.82 bits per heavy atom. The first-order chi connectivity index (χ1) is 8.11. The third kappa shape index (κ3) is 1.80. The zero-order valence-electron chi connectivity index (χ0n) is 10.4. The van der Waals surface area contributed by atoms with Gasteiger partial charge in [-0.05, 0) is 43.0 Å². The van der Waals surface area contributed by atoms with Crippen LogP contribution in [0.4, 0.5) is 0 Å². The molecule has 1 heterocycles. The van der Waals surface area contributed by atoms with Crippen molar-refractivity contribution < 1.29 is 4.74 Å². The Balaban J connectivity index is 2.09. The van der Waals surface area contributed by atoms with Gasteiger partial charge in [0.1, 0.15) is 5.75 Å². The molecule has 1 aromatic carbocycles. The molecule has 1 aromatic heterocycles. The number of rotatable bonds is 3. The topological polar surface area (TPSA) is 40.2 Å². The van der Waals surface area contributed by atoms with Crippen molar-refractivity contribution in [1.82, 2.24) is 4.57 Å². The van der Waals surface area contributed by atoms with Crippen LogP contribution in [-0.2, 0) is 13.5 Å². The van der Waals surface area contributed by atoms with Gasteiger partial charge in [0.15, 0.2) is 0 Å². The molecule has 2 aromatic rings. The smallest absolute Gasteiger partial charge is 0.128 e. The van der Waals surface area contributed by atoms with Gasteiger partial charge in [-0.15, -0.1) is 0 Å². The molecule has 17 heavy (non-hydrogen) atoms. The zero-order chi connectivity index (χ0) is 12.0. The van der Waals surface area contributed by atoms with Gasteiger partial charge < -0.3 is 15.0 Å². The molecule has 0 spiro atoms. The maximum atomic E-state index is 6.18. The van der Waals surface area contributed by atoms with Crippen molar-refractivity contribution in [2.75, 3.05) is 7.11 Å². The van der Waals surface area contributed by atoms with Crippen LogP contribution >= 0.6 is 0 Å². The van der Waals surface area contributed by atoms with E-state index in [2.05, 4.69) is 36.0 Å². The number of methoxy groups -OCH3 is 1. The lowest BCUT2D eigenvalue weighted by molar-refractivity contribution is 0.419. The highest BCUT2D eigenvalue weighted by molar-refractivity contribution is 5.87. The van der Waals surface area contributed by atoms with Crippen LogP contribution in [0.2, 0.25) is 0 Å². The molecule has 0 saturated heterocycles. The van der Waals surface area contributed by atoms with E-state index < -0.39 is 0 Å². The van der Waals surface area contributed by atoms with E-state index in [4.69, 9.17) is 10.5 Å². The molecule has 0 radical (unpaired) electrons. The van der Waals surface area contributed by atoms with E-state index in [1.54, 1.807) is 7.11 Å². The molecule has 0 atom stereocenters. The number of hydrogen-bond donors (Lipinski definition) is 1. The lowest BCUT2D eigenvalue weighted by Crippen LogP contribution is -2.24. The van der Waals surface area contributed by atoms with Crippen LogP contribution in [0.25, 0.3) is 10.9 Å². The van der Waals surface area contributed by atoms with Crippen molar-refractivity contribution in [2.45, 2.75) is 24.8 Å². The summed E-state index contributed by atoms with van der Waals surface area (Å²) in [6.45, 7) is 0. The summed E-state index contributed by atoms with van der Waals surface area (Å²) in [4.78, 5) is 0. The highest BCUT2D eigenvalue weighted by Gasteiger charge is 2.38. The number of aromatic nitrogens is 1. The Labute approximate surface area is 101 Å². The summed E-state index contributed by atoms with van der Waals surface area (Å²) >= 11 is 0. The minimum Gasteiger partial charge on any atom is -0.496 e. The maximum absolute atomic E-state index is 6.18. The normalized spacial score (nSPS) is 17.4. The van der Waals surface area contributed by atoms with Crippen molar-refractivity contribution in [3.05, 3.63) is 30.0 Å². The van der Waals surface area contributed by atoms with Gasteiger partial charge in [-0.25, -0.2) is 0 Å². The van der Waals surface area contributed by atoms with Gasteiger partial charge >= 0.3 is 0 Å². The molecule has 0 amide bonds. The van der Waals surface area contributed by atoms with Gasteiger partial charge in [0.05, 0.1) is 12.6 Å².